The Kier molecular flexibility index (Phi) is 5.04. The van der Waals surface area contributed by atoms with Crippen LogP contribution in [0.5, 0.6) is 0 Å². The van der Waals surface area contributed by atoms with Crippen LogP contribution in [0.25, 0.3) is 0 Å². The van der Waals surface area contributed by atoms with Crippen molar-refractivity contribution in [2.45, 2.75) is 13.8 Å². The van der Waals surface area contributed by atoms with Crippen molar-refractivity contribution in [2.75, 3.05) is 13.1 Å². The summed E-state index contributed by atoms with van der Waals surface area (Å²) in [4.78, 5) is 33.6. The molecule has 1 rings (SSSR count). The van der Waals surface area contributed by atoms with Crippen LogP contribution in [0, 0.1) is 5.92 Å². The molecule has 0 unspecified atom stereocenters. The van der Waals surface area contributed by atoms with Crippen molar-refractivity contribution in [2.24, 2.45) is 5.92 Å². The molecule has 98 valence electrons. The second-order valence-electron chi connectivity index (χ2n) is 4.19. The molecule has 0 spiro atoms. The molecule has 2 amide bonds. The second-order valence-corrected chi connectivity index (χ2v) is 4.19. The van der Waals surface area contributed by atoms with Crippen LogP contribution in [0.3, 0.4) is 0 Å². The molecule has 0 aliphatic heterocycles. The zero-order valence-electron chi connectivity index (χ0n) is 10.3. The standard InChI is InChI=1S/C11H16N4O3/c1-7(2)5-12-10(17)6-13-11(18)8-3-4-9(16)15-14-8/h3-4,7H,5-6H2,1-2H3,(H,12,17)(H,13,18)(H,15,16). The summed E-state index contributed by atoms with van der Waals surface area (Å²) in [6.07, 6.45) is 0. The fourth-order valence-corrected chi connectivity index (χ4v) is 1.10. The van der Waals surface area contributed by atoms with Gasteiger partial charge in [0.05, 0.1) is 6.54 Å². The Balaban J connectivity index is 2.39. The summed E-state index contributed by atoms with van der Waals surface area (Å²) < 4.78 is 0. The number of hydrogen-bond acceptors (Lipinski definition) is 4. The minimum atomic E-state index is -0.508. The number of carbonyl (C=O) groups excluding carboxylic acids is 2. The molecule has 1 aromatic rings. The van der Waals surface area contributed by atoms with E-state index in [9.17, 15) is 14.4 Å². The Morgan fingerprint density at radius 2 is 2.06 bits per heavy atom. The molecule has 0 fully saturated rings. The third-order valence-electron chi connectivity index (χ3n) is 2.03. The maximum atomic E-state index is 11.5. The molecular weight excluding hydrogens is 236 g/mol. The number of nitrogens with zero attached hydrogens (tertiary/aromatic N) is 1. The Labute approximate surface area is 104 Å². The number of aromatic nitrogens is 2. The average Bonchev–Trinajstić information content (AvgIpc) is 2.34. The highest BCUT2D eigenvalue weighted by atomic mass is 16.2. The number of rotatable bonds is 5. The predicted octanol–water partition coefficient (Wildman–Crippen LogP) is -0.728. The van der Waals surface area contributed by atoms with Crippen molar-refractivity contribution >= 4 is 11.8 Å². The zero-order chi connectivity index (χ0) is 13.5. The first kappa shape index (κ1) is 13.9. The van der Waals surface area contributed by atoms with E-state index in [-0.39, 0.29) is 23.7 Å². The lowest BCUT2D eigenvalue weighted by molar-refractivity contribution is -0.120. The lowest BCUT2D eigenvalue weighted by Crippen LogP contribution is -2.38. The fourth-order valence-electron chi connectivity index (χ4n) is 1.10. The van der Waals surface area contributed by atoms with Crippen molar-refractivity contribution in [3.8, 4) is 0 Å². The molecule has 0 radical (unpaired) electrons. The molecule has 0 atom stereocenters. The SMILES string of the molecule is CC(C)CNC(=O)CNC(=O)c1ccc(=O)[nH]n1. The van der Waals surface area contributed by atoms with Crippen LogP contribution in [-0.2, 0) is 4.79 Å². The maximum Gasteiger partial charge on any atom is 0.272 e. The first-order valence-corrected chi connectivity index (χ1v) is 5.59. The summed E-state index contributed by atoms with van der Waals surface area (Å²) in [5.74, 6) is -0.419. The van der Waals surface area contributed by atoms with E-state index in [1.54, 1.807) is 0 Å². The van der Waals surface area contributed by atoms with E-state index in [1.165, 1.54) is 12.1 Å². The van der Waals surface area contributed by atoms with Crippen LogP contribution < -0.4 is 16.2 Å². The van der Waals surface area contributed by atoms with Gasteiger partial charge in [0.25, 0.3) is 11.5 Å². The molecule has 0 aromatic carbocycles. The van der Waals surface area contributed by atoms with Crippen molar-refractivity contribution in [1.29, 1.82) is 0 Å². The second kappa shape index (κ2) is 6.53. The van der Waals surface area contributed by atoms with Crippen LogP contribution in [0.15, 0.2) is 16.9 Å². The van der Waals surface area contributed by atoms with E-state index in [2.05, 4.69) is 20.8 Å². The molecule has 0 aliphatic carbocycles. The normalized spacial score (nSPS) is 10.2. The number of nitrogens with one attached hydrogen (secondary N) is 3. The van der Waals surface area contributed by atoms with Gasteiger partial charge >= 0.3 is 0 Å². The molecule has 1 aromatic heterocycles. The molecule has 7 nitrogen and oxygen atoms in total. The van der Waals surface area contributed by atoms with Crippen molar-refractivity contribution < 1.29 is 9.59 Å². The third kappa shape index (κ3) is 4.77. The predicted molar refractivity (Wildman–Crippen MR) is 65.0 cm³/mol. The van der Waals surface area contributed by atoms with Crippen molar-refractivity contribution in [3.63, 3.8) is 0 Å². The maximum absolute atomic E-state index is 11.5. The molecule has 7 heteroatoms. The number of hydrogen-bond donors (Lipinski definition) is 3. The summed E-state index contributed by atoms with van der Waals surface area (Å²) in [5.41, 5.74) is -0.326. The van der Waals surface area contributed by atoms with Crippen LogP contribution in [-0.4, -0.2) is 35.1 Å². The Hall–Kier alpha value is -2.18. The minimum Gasteiger partial charge on any atom is -0.354 e. The van der Waals surface area contributed by atoms with Crippen LogP contribution in [0.2, 0.25) is 0 Å². The highest BCUT2D eigenvalue weighted by Crippen LogP contribution is 1.88. The van der Waals surface area contributed by atoms with Crippen LogP contribution >= 0.6 is 0 Å². The molecule has 0 saturated carbocycles. The zero-order valence-corrected chi connectivity index (χ0v) is 10.3. The molecule has 0 bridgehead atoms. The van der Waals surface area contributed by atoms with E-state index >= 15 is 0 Å². The first-order chi connectivity index (χ1) is 8.49. The summed E-state index contributed by atoms with van der Waals surface area (Å²) in [7, 11) is 0. The Morgan fingerprint density at radius 3 is 2.61 bits per heavy atom. The summed E-state index contributed by atoms with van der Waals surface area (Å²) >= 11 is 0. The fraction of sp³-hybridized carbons (Fsp3) is 0.455. The van der Waals surface area contributed by atoms with E-state index in [4.69, 9.17) is 0 Å². The quantitative estimate of drug-likeness (QED) is 0.642. The molecule has 3 N–H and O–H groups in total. The van der Waals surface area contributed by atoms with Gasteiger partial charge in [-0.2, -0.15) is 5.10 Å². The molecule has 0 saturated heterocycles. The first-order valence-electron chi connectivity index (χ1n) is 5.59. The van der Waals surface area contributed by atoms with Gasteiger partial charge in [-0.1, -0.05) is 13.8 Å². The van der Waals surface area contributed by atoms with Gasteiger partial charge in [0, 0.05) is 12.6 Å². The smallest absolute Gasteiger partial charge is 0.272 e. The summed E-state index contributed by atoms with van der Waals surface area (Å²) in [6, 6.07) is 2.49. The van der Waals surface area contributed by atoms with E-state index < -0.39 is 5.91 Å². The number of aromatic amines is 1. The molecule has 0 aliphatic rings. The van der Waals surface area contributed by atoms with Crippen LogP contribution in [0.1, 0.15) is 24.3 Å². The lowest BCUT2D eigenvalue weighted by atomic mass is 10.2. The van der Waals surface area contributed by atoms with Gasteiger partial charge in [-0.05, 0) is 12.0 Å². The molecule has 1 heterocycles. The van der Waals surface area contributed by atoms with Crippen molar-refractivity contribution in [3.05, 3.63) is 28.2 Å². The summed E-state index contributed by atoms with van der Waals surface area (Å²) in [6.45, 7) is 4.39. The molecule has 18 heavy (non-hydrogen) atoms. The average molecular weight is 252 g/mol. The van der Waals surface area contributed by atoms with E-state index in [0.717, 1.165) is 0 Å². The van der Waals surface area contributed by atoms with E-state index in [1.807, 2.05) is 13.8 Å². The largest absolute Gasteiger partial charge is 0.354 e. The molecular formula is C11H16N4O3. The highest BCUT2D eigenvalue weighted by molar-refractivity contribution is 5.94. The topological polar surface area (TPSA) is 104 Å². The van der Waals surface area contributed by atoms with Gasteiger partial charge in [0.1, 0.15) is 5.69 Å². The van der Waals surface area contributed by atoms with Crippen molar-refractivity contribution in [1.82, 2.24) is 20.8 Å². The van der Waals surface area contributed by atoms with Gasteiger partial charge < -0.3 is 10.6 Å². The summed E-state index contributed by atoms with van der Waals surface area (Å²) in [5, 5.41) is 10.8. The highest BCUT2D eigenvalue weighted by Gasteiger charge is 2.09. The number of carbonyl (C=O) groups is 2. The van der Waals surface area contributed by atoms with Gasteiger partial charge in [0.2, 0.25) is 5.91 Å². The monoisotopic (exact) mass is 252 g/mol. The number of amides is 2. The number of H-pyrrole nitrogens is 1. The van der Waals surface area contributed by atoms with E-state index in [0.29, 0.717) is 12.5 Å². The minimum absolute atomic E-state index is 0.0614. The Bertz CT molecular complexity index is 461. The third-order valence-corrected chi connectivity index (χ3v) is 2.03. The van der Waals surface area contributed by atoms with Gasteiger partial charge in [-0.25, -0.2) is 5.10 Å². The van der Waals surface area contributed by atoms with Gasteiger partial charge in [-0.3, -0.25) is 14.4 Å². The van der Waals surface area contributed by atoms with Gasteiger partial charge in [0.15, 0.2) is 0 Å². The Morgan fingerprint density at radius 1 is 1.33 bits per heavy atom. The lowest BCUT2D eigenvalue weighted by Gasteiger charge is -2.08. The van der Waals surface area contributed by atoms with Gasteiger partial charge in [-0.15, -0.1) is 0 Å². The van der Waals surface area contributed by atoms with Crippen LogP contribution in [0.4, 0.5) is 0 Å².